The highest BCUT2D eigenvalue weighted by Crippen LogP contribution is 2.11. The first-order valence-electron chi connectivity index (χ1n) is 15.5. The molecule has 0 saturated carbocycles. The van der Waals surface area contributed by atoms with E-state index in [1.54, 1.807) is 0 Å². The molecule has 5 heterocycles. The number of nitrogens with one attached hydrogen (secondary N) is 5. The van der Waals surface area contributed by atoms with Crippen LogP contribution in [-0.2, 0) is 24.0 Å². The minimum atomic E-state index is 0.208. The first kappa shape index (κ1) is 35.4. The van der Waals surface area contributed by atoms with Gasteiger partial charge in [0.15, 0.2) is 0 Å². The minimum Gasteiger partial charge on any atom is -0.356 e. The molecule has 0 radical (unpaired) electrons. The molecule has 0 aromatic rings. The fourth-order valence-corrected chi connectivity index (χ4v) is 4.76. The molecular formula is C30H55N5O5. The number of piperidine rings is 3. The van der Waals surface area contributed by atoms with Crippen LogP contribution in [-0.4, -0.2) is 61.3 Å². The molecule has 0 bridgehead atoms. The number of carbonyl (C=O) groups is 5. The molecule has 5 fully saturated rings. The van der Waals surface area contributed by atoms with Crippen molar-refractivity contribution in [2.75, 3.05) is 19.6 Å². The summed E-state index contributed by atoms with van der Waals surface area (Å²) < 4.78 is 0. The molecule has 5 aliphatic rings. The minimum absolute atomic E-state index is 0.208. The zero-order valence-corrected chi connectivity index (χ0v) is 25.5. The van der Waals surface area contributed by atoms with Gasteiger partial charge in [-0.05, 0) is 63.7 Å². The average Bonchev–Trinajstić information content (AvgIpc) is 3.53. The Labute approximate surface area is 241 Å². The summed E-state index contributed by atoms with van der Waals surface area (Å²) in [5.74, 6) is 2.21. The zero-order valence-electron chi connectivity index (χ0n) is 25.5. The topological polar surface area (TPSA) is 146 Å². The Balaban J connectivity index is 0.000000250. The third-order valence-corrected chi connectivity index (χ3v) is 7.77. The molecule has 10 heteroatoms. The number of carbonyl (C=O) groups excluding carboxylic acids is 5. The standard InChI is InChI=1S/C7H13NO.3C6H11NO.C5H9NO/c1-2-6-4-3-5-7(9)8-6;1-5-2-3-7-6(8)4-5;1-5-3-2-4-7-6(5)8;1-2-5-3-4-6(8)7-5;1-4-2-3-6-5(4)7/h6H,2-5H2,1H3,(H,8,9);3*5H,2-4H2,1H3,(H,7,8);4H,2-3H2,1H3,(H,6,7). The van der Waals surface area contributed by atoms with Crippen LogP contribution >= 0.6 is 0 Å². The molecule has 230 valence electrons. The largest absolute Gasteiger partial charge is 0.356 e. The van der Waals surface area contributed by atoms with Crippen molar-refractivity contribution in [1.29, 1.82) is 0 Å². The van der Waals surface area contributed by atoms with Gasteiger partial charge in [0.25, 0.3) is 0 Å². The maximum absolute atomic E-state index is 10.7. The average molecular weight is 566 g/mol. The van der Waals surface area contributed by atoms with Gasteiger partial charge in [-0.1, -0.05) is 34.6 Å². The molecule has 5 aliphatic heterocycles. The van der Waals surface area contributed by atoms with Crippen molar-refractivity contribution in [3.05, 3.63) is 0 Å². The van der Waals surface area contributed by atoms with E-state index in [1.807, 2.05) is 13.8 Å². The van der Waals surface area contributed by atoms with E-state index in [2.05, 4.69) is 47.4 Å². The fourth-order valence-electron chi connectivity index (χ4n) is 4.76. The maximum atomic E-state index is 10.7. The van der Waals surface area contributed by atoms with Gasteiger partial charge in [-0.15, -0.1) is 0 Å². The van der Waals surface area contributed by atoms with Gasteiger partial charge in [0.1, 0.15) is 0 Å². The van der Waals surface area contributed by atoms with E-state index in [0.717, 1.165) is 90.3 Å². The highest BCUT2D eigenvalue weighted by molar-refractivity contribution is 5.80. The van der Waals surface area contributed by atoms with Gasteiger partial charge in [0, 0.05) is 62.8 Å². The molecule has 0 aliphatic carbocycles. The van der Waals surface area contributed by atoms with Crippen LogP contribution in [0.2, 0.25) is 0 Å². The summed E-state index contributed by atoms with van der Waals surface area (Å²) in [7, 11) is 0. The summed E-state index contributed by atoms with van der Waals surface area (Å²) in [6.45, 7) is 12.9. The van der Waals surface area contributed by atoms with Gasteiger partial charge < -0.3 is 26.6 Å². The van der Waals surface area contributed by atoms with Crippen molar-refractivity contribution in [2.45, 2.75) is 124 Å². The van der Waals surface area contributed by atoms with Gasteiger partial charge >= 0.3 is 0 Å². The number of amides is 5. The molecule has 0 aromatic heterocycles. The lowest BCUT2D eigenvalue weighted by Gasteiger charge is -2.21. The van der Waals surface area contributed by atoms with E-state index in [-0.39, 0.29) is 41.4 Å². The highest BCUT2D eigenvalue weighted by Gasteiger charge is 2.19. The highest BCUT2D eigenvalue weighted by atomic mass is 16.2. The van der Waals surface area contributed by atoms with Crippen molar-refractivity contribution >= 4 is 29.5 Å². The van der Waals surface area contributed by atoms with Crippen LogP contribution < -0.4 is 26.6 Å². The van der Waals surface area contributed by atoms with Crippen LogP contribution in [0.3, 0.4) is 0 Å². The second-order valence-electron chi connectivity index (χ2n) is 11.5. The van der Waals surface area contributed by atoms with Gasteiger partial charge in [-0.2, -0.15) is 0 Å². The van der Waals surface area contributed by atoms with Crippen molar-refractivity contribution in [3.8, 4) is 0 Å². The summed E-state index contributed by atoms with van der Waals surface area (Å²) in [5.41, 5.74) is 0. The quantitative estimate of drug-likeness (QED) is 0.350. The Morgan fingerprint density at radius 1 is 0.575 bits per heavy atom. The Kier molecular flexibility index (Phi) is 17.9. The van der Waals surface area contributed by atoms with Crippen molar-refractivity contribution < 1.29 is 24.0 Å². The Bertz CT molecular complexity index is 805. The van der Waals surface area contributed by atoms with E-state index in [4.69, 9.17) is 0 Å². The normalized spacial score (nSPS) is 29.0. The number of hydrogen-bond acceptors (Lipinski definition) is 5. The molecule has 10 nitrogen and oxygen atoms in total. The third-order valence-electron chi connectivity index (χ3n) is 7.77. The summed E-state index contributed by atoms with van der Waals surface area (Å²) in [6, 6.07) is 0.939. The number of hydrogen-bond donors (Lipinski definition) is 5. The van der Waals surface area contributed by atoms with Gasteiger partial charge in [-0.25, -0.2) is 0 Å². The van der Waals surface area contributed by atoms with Crippen molar-refractivity contribution in [2.24, 2.45) is 17.8 Å². The molecule has 5 atom stereocenters. The van der Waals surface area contributed by atoms with Gasteiger partial charge in [0.05, 0.1) is 0 Å². The van der Waals surface area contributed by atoms with Crippen molar-refractivity contribution in [1.82, 2.24) is 26.6 Å². The second-order valence-corrected chi connectivity index (χ2v) is 11.5. The van der Waals surface area contributed by atoms with Gasteiger partial charge in [-0.3, -0.25) is 24.0 Å². The fraction of sp³-hybridized carbons (Fsp3) is 0.833. The van der Waals surface area contributed by atoms with E-state index in [9.17, 15) is 24.0 Å². The molecular weight excluding hydrogens is 510 g/mol. The molecule has 5 saturated heterocycles. The molecule has 40 heavy (non-hydrogen) atoms. The smallest absolute Gasteiger partial charge is 0.222 e. The van der Waals surface area contributed by atoms with E-state index < -0.39 is 0 Å². The molecule has 5 rings (SSSR count). The second kappa shape index (κ2) is 20.3. The lowest BCUT2D eigenvalue weighted by atomic mass is 10.0. The number of rotatable bonds is 2. The molecule has 0 aromatic carbocycles. The van der Waals surface area contributed by atoms with Crippen LogP contribution in [0.4, 0.5) is 0 Å². The Hall–Kier alpha value is -2.65. The lowest BCUT2D eigenvalue weighted by Crippen LogP contribution is -2.37. The summed E-state index contributed by atoms with van der Waals surface area (Å²) >= 11 is 0. The Morgan fingerprint density at radius 2 is 1.12 bits per heavy atom. The summed E-state index contributed by atoms with van der Waals surface area (Å²) in [4.78, 5) is 52.9. The molecule has 5 amide bonds. The van der Waals surface area contributed by atoms with Crippen LogP contribution in [0, 0.1) is 17.8 Å². The Morgan fingerprint density at radius 3 is 1.45 bits per heavy atom. The van der Waals surface area contributed by atoms with E-state index in [1.165, 1.54) is 6.42 Å². The van der Waals surface area contributed by atoms with Crippen molar-refractivity contribution in [3.63, 3.8) is 0 Å². The predicted octanol–water partition coefficient (Wildman–Crippen LogP) is 2.95. The monoisotopic (exact) mass is 565 g/mol. The molecule has 0 spiro atoms. The van der Waals surface area contributed by atoms with Crippen LogP contribution in [0.25, 0.3) is 0 Å². The van der Waals surface area contributed by atoms with E-state index in [0.29, 0.717) is 18.0 Å². The first-order valence-corrected chi connectivity index (χ1v) is 15.5. The first-order chi connectivity index (χ1) is 19.0. The summed E-state index contributed by atoms with van der Waals surface area (Å²) in [5, 5.41) is 14.1. The molecule has 5 unspecified atom stereocenters. The van der Waals surface area contributed by atoms with Crippen LogP contribution in [0.5, 0.6) is 0 Å². The lowest BCUT2D eigenvalue weighted by molar-refractivity contribution is -0.126. The van der Waals surface area contributed by atoms with E-state index >= 15 is 0 Å². The van der Waals surface area contributed by atoms with Crippen LogP contribution in [0.1, 0.15) is 112 Å². The summed E-state index contributed by atoms with van der Waals surface area (Å²) in [6.07, 6.45) is 12.0. The van der Waals surface area contributed by atoms with Gasteiger partial charge in [0.2, 0.25) is 29.5 Å². The third kappa shape index (κ3) is 15.8. The SMILES string of the molecule is CC1CCCNC1=O.CC1CCNC(=O)C1.CC1CCNC1=O.CCC1CCC(=O)N1.CCC1CCCC(=O)N1. The zero-order chi connectivity index (χ0) is 29.9. The maximum Gasteiger partial charge on any atom is 0.222 e. The molecule has 5 N–H and O–H groups in total. The predicted molar refractivity (Wildman–Crippen MR) is 157 cm³/mol. The van der Waals surface area contributed by atoms with Crippen LogP contribution in [0.15, 0.2) is 0 Å².